The third-order valence-electron chi connectivity index (χ3n) is 5.16. The Morgan fingerprint density at radius 3 is 2.72 bits per heavy atom. The minimum atomic E-state index is -4.56. The van der Waals surface area contributed by atoms with E-state index in [9.17, 15) is 22.4 Å². The number of aromatic nitrogens is 3. The monoisotopic (exact) mass is 465 g/mol. The van der Waals surface area contributed by atoms with Gasteiger partial charge in [0.2, 0.25) is 0 Å². The number of hydrogen-bond donors (Lipinski definition) is 1. The number of nitrogens with zero attached hydrogens (tertiary/aromatic N) is 4. The quantitative estimate of drug-likeness (QED) is 0.549. The molecule has 0 spiro atoms. The molecule has 1 fully saturated rings. The fourth-order valence-corrected chi connectivity index (χ4v) is 4.57. The topological polar surface area (TPSA) is 71.0 Å². The number of anilines is 1. The average Bonchev–Trinajstić information content (AvgIpc) is 3.38. The van der Waals surface area contributed by atoms with Crippen molar-refractivity contribution in [1.29, 1.82) is 0 Å². The van der Waals surface area contributed by atoms with Gasteiger partial charge in [0.25, 0.3) is 5.91 Å². The number of aryl methyl sites for hydroxylation is 1. The summed E-state index contributed by atoms with van der Waals surface area (Å²) in [5.74, 6) is -0.577. The summed E-state index contributed by atoms with van der Waals surface area (Å²) >= 11 is 1.36. The molecule has 3 aromatic rings. The molecule has 11 heteroatoms. The van der Waals surface area contributed by atoms with E-state index in [-0.39, 0.29) is 30.1 Å². The Balaban J connectivity index is 1.51. The van der Waals surface area contributed by atoms with Crippen LogP contribution in [0.5, 0.6) is 0 Å². The number of carbonyl (C=O) groups is 1. The molecule has 6 nitrogen and oxygen atoms in total. The predicted molar refractivity (Wildman–Crippen MR) is 112 cm³/mol. The van der Waals surface area contributed by atoms with Gasteiger partial charge in [0, 0.05) is 25.2 Å². The van der Waals surface area contributed by atoms with E-state index < -0.39 is 11.9 Å². The van der Waals surface area contributed by atoms with Crippen LogP contribution < -0.4 is 5.32 Å². The van der Waals surface area contributed by atoms with Gasteiger partial charge >= 0.3 is 6.18 Å². The normalized spacial score (nSPS) is 16.4. The standard InChI is InChI=1S/C21H19F4N5OS/c1-12-29-18(19(32-12)13-4-6-14(22)7-5-13)20(31)30-8-2-3-15(30)10-26-17-9-16(21(23,24)25)27-11-28-17/h4-7,9,11,15H,2-3,8,10H2,1H3,(H,26,27,28). The molecule has 1 atom stereocenters. The zero-order valence-corrected chi connectivity index (χ0v) is 17.8. The molecule has 2 aromatic heterocycles. The average molecular weight is 465 g/mol. The van der Waals surface area contributed by atoms with Gasteiger partial charge in [0.05, 0.1) is 9.88 Å². The fourth-order valence-electron chi connectivity index (χ4n) is 3.65. The van der Waals surface area contributed by atoms with Crippen molar-refractivity contribution in [3.8, 4) is 10.4 Å². The molecule has 0 aliphatic carbocycles. The van der Waals surface area contributed by atoms with Crippen molar-refractivity contribution in [3.05, 3.63) is 58.9 Å². The molecule has 3 heterocycles. The fraction of sp³-hybridized carbons (Fsp3) is 0.333. The van der Waals surface area contributed by atoms with Crippen LogP contribution in [0.3, 0.4) is 0 Å². The lowest BCUT2D eigenvalue weighted by Gasteiger charge is -2.25. The highest BCUT2D eigenvalue weighted by atomic mass is 32.1. The first-order valence-electron chi connectivity index (χ1n) is 9.90. The Morgan fingerprint density at radius 1 is 1.25 bits per heavy atom. The predicted octanol–water partition coefficient (Wildman–Crippen LogP) is 4.78. The number of likely N-dealkylation sites (tertiary alicyclic amines) is 1. The number of halogens is 4. The van der Waals surface area contributed by atoms with Crippen LogP contribution >= 0.6 is 11.3 Å². The summed E-state index contributed by atoms with van der Waals surface area (Å²) < 4.78 is 51.9. The van der Waals surface area contributed by atoms with Crippen LogP contribution in [0, 0.1) is 12.7 Å². The van der Waals surface area contributed by atoms with Crippen LogP contribution in [0.4, 0.5) is 23.4 Å². The van der Waals surface area contributed by atoms with Gasteiger partial charge in [0.15, 0.2) is 0 Å². The minimum absolute atomic E-state index is 0.0446. The summed E-state index contributed by atoms with van der Waals surface area (Å²) in [5, 5.41) is 3.60. The summed E-state index contributed by atoms with van der Waals surface area (Å²) in [4.78, 5) is 27.2. The van der Waals surface area contributed by atoms with E-state index >= 15 is 0 Å². The second-order valence-corrected chi connectivity index (χ2v) is 8.58. The molecule has 4 rings (SSSR count). The molecule has 168 valence electrons. The zero-order chi connectivity index (χ0) is 22.9. The van der Waals surface area contributed by atoms with E-state index in [0.717, 1.165) is 18.8 Å². The van der Waals surface area contributed by atoms with E-state index in [0.29, 0.717) is 34.1 Å². The Kier molecular flexibility index (Phi) is 6.09. The van der Waals surface area contributed by atoms with Gasteiger partial charge in [-0.05, 0) is 37.5 Å². The highest BCUT2D eigenvalue weighted by Crippen LogP contribution is 2.33. The van der Waals surface area contributed by atoms with E-state index in [1.54, 1.807) is 24.0 Å². The second kappa shape index (κ2) is 8.81. The van der Waals surface area contributed by atoms with Crippen molar-refractivity contribution in [2.75, 3.05) is 18.4 Å². The molecule has 1 aliphatic heterocycles. The number of carbonyl (C=O) groups excluding carboxylic acids is 1. The Morgan fingerprint density at radius 2 is 2.00 bits per heavy atom. The first kappa shape index (κ1) is 22.1. The highest BCUT2D eigenvalue weighted by molar-refractivity contribution is 7.15. The molecule has 1 N–H and O–H groups in total. The number of benzene rings is 1. The van der Waals surface area contributed by atoms with Crippen molar-refractivity contribution in [3.63, 3.8) is 0 Å². The Labute approximate surface area is 185 Å². The summed E-state index contributed by atoms with van der Waals surface area (Å²) in [5.41, 5.74) is -0.0291. The number of hydrogen-bond acceptors (Lipinski definition) is 6. The highest BCUT2D eigenvalue weighted by Gasteiger charge is 2.34. The first-order chi connectivity index (χ1) is 15.2. The number of thiazole rings is 1. The maximum Gasteiger partial charge on any atom is 0.433 e. The molecule has 0 radical (unpaired) electrons. The van der Waals surface area contributed by atoms with Crippen molar-refractivity contribution < 1.29 is 22.4 Å². The van der Waals surface area contributed by atoms with E-state index in [1.807, 2.05) is 0 Å². The van der Waals surface area contributed by atoms with Crippen molar-refractivity contribution in [1.82, 2.24) is 19.9 Å². The molecular formula is C21H19F4N5OS. The first-order valence-corrected chi connectivity index (χ1v) is 10.7. The third kappa shape index (κ3) is 4.72. The molecule has 1 amide bonds. The third-order valence-corrected chi connectivity index (χ3v) is 6.18. The molecule has 0 bridgehead atoms. The van der Waals surface area contributed by atoms with Crippen molar-refractivity contribution >= 4 is 23.1 Å². The zero-order valence-electron chi connectivity index (χ0n) is 17.0. The lowest BCUT2D eigenvalue weighted by molar-refractivity contribution is -0.141. The SMILES string of the molecule is Cc1nc(C(=O)N2CCCC2CNc2cc(C(F)(F)F)ncn2)c(-c2ccc(F)cc2)s1. The van der Waals surface area contributed by atoms with Crippen LogP contribution in [0.15, 0.2) is 36.7 Å². The van der Waals surface area contributed by atoms with E-state index in [4.69, 9.17) is 0 Å². The number of alkyl halides is 3. The molecule has 1 unspecified atom stereocenters. The minimum Gasteiger partial charge on any atom is -0.368 e. The maximum absolute atomic E-state index is 13.3. The summed E-state index contributed by atoms with van der Waals surface area (Å²) in [6, 6.07) is 6.49. The number of amides is 1. The second-order valence-electron chi connectivity index (χ2n) is 7.38. The molecule has 32 heavy (non-hydrogen) atoms. The van der Waals surface area contributed by atoms with Gasteiger partial charge in [-0.3, -0.25) is 4.79 Å². The van der Waals surface area contributed by atoms with Gasteiger partial charge in [-0.2, -0.15) is 13.2 Å². The van der Waals surface area contributed by atoms with Gasteiger partial charge in [-0.1, -0.05) is 12.1 Å². The van der Waals surface area contributed by atoms with Crippen LogP contribution in [-0.2, 0) is 6.18 Å². The molecule has 1 saturated heterocycles. The van der Waals surface area contributed by atoms with E-state index in [1.165, 1.54) is 23.5 Å². The van der Waals surface area contributed by atoms with Crippen molar-refractivity contribution in [2.24, 2.45) is 0 Å². The van der Waals surface area contributed by atoms with Crippen LogP contribution in [0.2, 0.25) is 0 Å². The largest absolute Gasteiger partial charge is 0.433 e. The summed E-state index contributed by atoms with van der Waals surface area (Å²) in [7, 11) is 0. The Bertz CT molecular complexity index is 1120. The van der Waals surface area contributed by atoms with E-state index in [2.05, 4.69) is 20.3 Å². The lowest BCUT2D eigenvalue weighted by Crippen LogP contribution is -2.40. The van der Waals surface area contributed by atoms with Gasteiger partial charge in [-0.15, -0.1) is 11.3 Å². The van der Waals surface area contributed by atoms with Crippen LogP contribution in [-0.4, -0.2) is 44.9 Å². The van der Waals surface area contributed by atoms with Gasteiger partial charge in [-0.25, -0.2) is 19.3 Å². The summed E-state index contributed by atoms with van der Waals surface area (Å²) in [6.07, 6.45) is -2.24. The summed E-state index contributed by atoms with van der Waals surface area (Å²) in [6.45, 7) is 2.56. The van der Waals surface area contributed by atoms with Crippen LogP contribution in [0.25, 0.3) is 10.4 Å². The van der Waals surface area contributed by atoms with Gasteiger partial charge in [0.1, 0.15) is 29.4 Å². The number of rotatable bonds is 5. The molecule has 1 aromatic carbocycles. The molecule has 0 saturated carbocycles. The Hall–Kier alpha value is -3.08. The molecule has 1 aliphatic rings. The smallest absolute Gasteiger partial charge is 0.368 e. The van der Waals surface area contributed by atoms with Crippen molar-refractivity contribution in [2.45, 2.75) is 32.0 Å². The van der Waals surface area contributed by atoms with Crippen LogP contribution in [0.1, 0.15) is 34.0 Å². The maximum atomic E-state index is 13.3. The van der Waals surface area contributed by atoms with Gasteiger partial charge < -0.3 is 10.2 Å². The number of nitrogens with one attached hydrogen (secondary N) is 1. The lowest BCUT2D eigenvalue weighted by atomic mass is 10.1. The molecular weight excluding hydrogens is 446 g/mol.